The van der Waals surface area contributed by atoms with Crippen LogP contribution >= 0.6 is 0 Å². The molecule has 3 nitrogen and oxygen atoms in total. The van der Waals surface area contributed by atoms with Crippen LogP contribution in [0.1, 0.15) is 38.3 Å². The highest BCUT2D eigenvalue weighted by molar-refractivity contribution is 5.85. The maximum atomic E-state index is 5.92. The second-order valence-electron chi connectivity index (χ2n) is 5.75. The topological polar surface area (TPSA) is 34.2 Å². The van der Waals surface area contributed by atoms with Crippen molar-refractivity contribution in [3.63, 3.8) is 0 Å². The van der Waals surface area contributed by atoms with Gasteiger partial charge in [0, 0.05) is 36.3 Å². The van der Waals surface area contributed by atoms with E-state index < -0.39 is 0 Å². The predicted molar refractivity (Wildman–Crippen MR) is 86.3 cm³/mol. The molecule has 0 saturated carbocycles. The summed E-state index contributed by atoms with van der Waals surface area (Å²) < 4.78 is 5.92. The van der Waals surface area contributed by atoms with E-state index in [1.54, 1.807) is 0 Å². The molecule has 1 N–H and O–H groups in total. The minimum atomic E-state index is 0.343. The third kappa shape index (κ3) is 2.81. The molecule has 3 rings (SSSR count). The van der Waals surface area contributed by atoms with Crippen LogP contribution in [0.3, 0.4) is 0 Å². The van der Waals surface area contributed by atoms with Gasteiger partial charge in [0.1, 0.15) is 0 Å². The molecule has 112 valence electrons. The van der Waals surface area contributed by atoms with Crippen molar-refractivity contribution in [1.29, 1.82) is 0 Å². The minimum absolute atomic E-state index is 0.343. The number of fused-ring (bicyclic) bond motifs is 1. The van der Waals surface area contributed by atoms with Crippen LogP contribution in [0.4, 0.5) is 0 Å². The smallest absolute Gasteiger partial charge is 0.0619 e. The Bertz CT molecular complexity index is 593. The quantitative estimate of drug-likeness (QED) is 0.909. The second-order valence-corrected chi connectivity index (χ2v) is 5.75. The molecular formula is C18H24N2O. The first-order chi connectivity index (χ1) is 10.3. The second kappa shape index (κ2) is 6.54. The highest BCUT2D eigenvalue weighted by Gasteiger charge is 2.34. The molecule has 1 aromatic heterocycles. The fourth-order valence-electron chi connectivity index (χ4n) is 3.59. The molecule has 0 amide bonds. The molecule has 1 aliphatic rings. The van der Waals surface area contributed by atoms with Gasteiger partial charge in [0.05, 0.1) is 6.10 Å². The number of ether oxygens (including phenoxy) is 1. The van der Waals surface area contributed by atoms with Gasteiger partial charge in [0.25, 0.3) is 0 Å². The average Bonchev–Trinajstić information content (AvgIpc) is 3.00. The summed E-state index contributed by atoms with van der Waals surface area (Å²) >= 11 is 0. The summed E-state index contributed by atoms with van der Waals surface area (Å²) in [5, 5.41) is 6.21. The lowest BCUT2D eigenvalue weighted by atomic mass is 9.85. The fourth-order valence-corrected chi connectivity index (χ4v) is 3.59. The molecule has 2 aromatic rings. The molecule has 3 unspecified atom stereocenters. The molecule has 0 aliphatic carbocycles. The summed E-state index contributed by atoms with van der Waals surface area (Å²) in [6.45, 7) is 6.24. The van der Waals surface area contributed by atoms with Crippen LogP contribution in [-0.2, 0) is 4.74 Å². The van der Waals surface area contributed by atoms with Gasteiger partial charge in [-0.25, -0.2) is 0 Å². The Balaban J connectivity index is 2.03. The number of nitrogens with one attached hydrogen (secondary N) is 1. The van der Waals surface area contributed by atoms with Crippen LogP contribution < -0.4 is 5.32 Å². The standard InChI is InChI=1S/C18H24N2O/c1-3-17-15(9-11-21-17)18(20-4-2)14-7-5-6-13-8-10-19-12-16(13)14/h5-8,10,12,15,17-18,20H,3-4,9,11H2,1-2H3. The van der Waals surface area contributed by atoms with Gasteiger partial charge in [0.15, 0.2) is 0 Å². The monoisotopic (exact) mass is 284 g/mol. The van der Waals surface area contributed by atoms with Gasteiger partial charge >= 0.3 is 0 Å². The molecule has 0 spiro atoms. The lowest BCUT2D eigenvalue weighted by Gasteiger charge is -2.29. The molecule has 21 heavy (non-hydrogen) atoms. The van der Waals surface area contributed by atoms with Crippen molar-refractivity contribution in [2.45, 2.75) is 38.8 Å². The van der Waals surface area contributed by atoms with Crippen LogP contribution in [0.2, 0.25) is 0 Å². The number of benzene rings is 1. The Kier molecular flexibility index (Phi) is 4.51. The minimum Gasteiger partial charge on any atom is -0.378 e. The van der Waals surface area contributed by atoms with E-state index >= 15 is 0 Å². The predicted octanol–water partition coefficient (Wildman–Crippen LogP) is 3.70. The van der Waals surface area contributed by atoms with Crippen LogP contribution in [-0.4, -0.2) is 24.2 Å². The van der Waals surface area contributed by atoms with Gasteiger partial charge < -0.3 is 10.1 Å². The molecule has 1 aromatic carbocycles. The number of hydrogen-bond donors (Lipinski definition) is 1. The molecule has 1 aliphatic heterocycles. The van der Waals surface area contributed by atoms with Gasteiger partial charge in [0.2, 0.25) is 0 Å². The molecule has 0 bridgehead atoms. The van der Waals surface area contributed by atoms with Gasteiger partial charge in [-0.15, -0.1) is 0 Å². The van der Waals surface area contributed by atoms with Gasteiger partial charge in [-0.1, -0.05) is 32.0 Å². The SMILES string of the molecule is CCNC(c1cccc2ccncc12)C1CCOC1CC. The van der Waals surface area contributed by atoms with Crippen molar-refractivity contribution >= 4 is 10.8 Å². The Hall–Kier alpha value is -1.45. The van der Waals surface area contributed by atoms with Crippen LogP contribution in [0.15, 0.2) is 36.7 Å². The first-order valence-corrected chi connectivity index (χ1v) is 8.02. The Morgan fingerprint density at radius 3 is 3.05 bits per heavy atom. The number of pyridine rings is 1. The van der Waals surface area contributed by atoms with Crippen LogP contribution in [0.5, 0.6) is 0 Å². The molecule has 0 radical (unpaired) electrons. The van der Waals surface area contributed by atoms with E-state index in [0.29, 0.717) is 18.1 Å². The van der Waals surface area contributed by atoms with E-state index in [1.807, 2.05) is 12.4 Å². The van der Waals surface area contributed by atoms with E-state index in [2.05, 4.69) is 48.4 Å². The van der Waals surface area contributed by atoms with Crippen molar-refractivity contribution in [3.8, 4) is 0 Å². The summed E-state index contributed by atoms with van der Waals surface area (Å²) in [6.07, 6.45) is 6.43. The maximum Gasteiger partial charge on any atom is 0.0619 e. The Morgan fingerprint density at radius 2 is 2.24 bits per heavy atom. The molecule has 2 heterocycles. The van der Waals surface area contributed by atoms with Crippen LogP contribution in [0.25, 0.3) is 10.8 Å². The van der Waals surface area contributed by atoms with E-state index in [-0.39, 0.29) is 0 Å². The number of rotatable bonds is 5. The zero-order valence-electron chi connectivity index (χ0n) is 12.9. The Morgan fingerprint density at radius 1 is 1.33 bits per heavy atom. The summed E-state index contributed by atoms with van der Waals surface area (Å²) in [6, 6.07) is 8.98. The third-order valence-corrected chi connectivity index (χ3v) is 4.57. The molecular weight excluding hydrogens is 260 g/mol. The zero-order chi connectivity index (χ0) is 14.7. The van der Waals surface area contributed by atoms with Crippen molar-refractivity contribution in [2.24, 2.45) is 5.92 Å². The first-order valence-electron chi connectivity index (χ1n) is 8.02. The normalized spacial score (nSPS) is 23.5. The number of aromatic nitrogens is 1. The largest absolute Gasteiger partial charge is 0.378 e. The van der Waals surface area contributed by atoms with Gasteiger partial charge in [-0.2, -0.15) is 0 Å². The van der Waals surface area contributed by atoms with E-state index in [4.69, 9.17) is 4.74 Å². The van der Waals surface area contributed by atoms with Gasteiger partial charge in [-0.3, -0.25) is 4.98 Å². The molecule has 1 saturated heterocycles. The fraction of sp³-hybridized carbons (Fsp3) is 0.500. The molecule has 3 heteroatoms. The number of hydrogen-bond acceptors (Lipinski definition) is 3. The van der Waals surface area contributed by atoms with E-state index in [1.165, 1.54) is 16.3 Å². The van der Waals surface area contributed by atoms with Crippen LogP contribution in [0, 0.1) is 5.92 Å². The van der Waals surface area contributed by atoms with Crippen molar-refractivity contribution in [2.75, 3.05) is 13.2 Å². The van der Waals surface area contributed by atoms with Crippen molar-refractivity contribution in [3.05, 3.63) is 42.2 Å². The summed E-state index contributed by atoms with van der Waals surface area (Å²) in [5.74, 6) is 0.542. The summed E-state index contributed by atoms with van der Waals surface area (Å²) in [5.41, 5.74) is 1.36. The first kappa shape index (κ1) is 14.5. The average molecular weight is 284 g/mol. The van der Waals surface area contributed by atoms with Crippen molar-refractivity contribution < 1.29 is 4.74 Å². The summed E-state index contributed by atoms with van der Waals surface area (Å²) in [7, 11) is 0. The van der Waals surface area contributed by atoms with Crippen molar-refractivity contribution in [1.82, 2.24) is 10.3 Å². The zero-order valence-corrected chi connectivity index (χ0v) is 12.9. The highest BCUT2D eigenvalue weighted by atomic mass is 16.5. The van der Waals surface area contributed by atoms with Gasteiger partial charge in [-0.05, 0) is 36.4 Å². The van der Waals surface area contributed by atoms with E-state index in [0.717, 1.165) is 26.0 Å². The number of nitrogens with zero attached hydrogens (tertiary/aromatic N) is 1. The third-order valence-electron chi connectivity index (χ3n) is 4.57. The lowest BCUT2D eigenvalue weighted by molar-refractivity contribution is 0.0777. The van der Waals surface area contributed by atoms with E-state index in [9.17, 15) is 0 Å². The highest BCUT2D eigenvalue weighted by Crippen LogP contribution is 2.37. The molecule has 3 atom stereocenters. The molecule has 1 fully saturated rings. The summed E-state index contributed by atoms with van der Waals surface area (Å²) in [4.78, 5) is 4.32. The Labute approximate surface area is 126 Å². The lowest BCUT2D eigenvalue weighted by Crippen LogP contribution is -2.32. The maximum absolute atomic E-state index is 5.92.